The molecular weight excluding hydrogens is 306 g/mol. The molecule has 1 fully saturated rings. The van der Waals surface area contributed by atoms with E-state index in [1.165, 1.54) is 6.26 Å². The molecule has 0 spiro atoms. The minimum Gasteiger partial charge on any atom is -0.459 e. The van der Waals surface area contributed by atoms with Crippen LogP contribution < -0.4 is 0 Å². The largest absolute Gasteiger partial charge is 0.459 e. The first kappa shape index (κ1) is 14.7. The average Bonchev–Trinajstić information content (AvgIpc) is 3.35. The van der Waals surface area contributed by atoms with Crippen LogP contribution in [0.15, 0.2) is 41.5 Å². The van der Waals surface area contributed by atoms with Crippen LogP contribution in [-0.2, 0) is 0 Å². The molecule has 1 aliphatic rings. The van der Waals surface area contributed by atoms with Crippen LogP contribution in [0, 0.1) is 6.92 Å². The van der Waals surface area contributed by atoms with Crippen LogP contribution in [0.3, 0.4) is 0 Å². The highest BCUT2D eigenvalue weighted by Crippen LogP contribution is 2.28. The lowest BCUT2D eigenvalue weighted by Gasteiger charge is -2.33. The van der Waals surface area contributed by atoms with Gasteiger partial charge in [-0.05, 0) is 31.9 Å². The second kappa shape index (κ2) is 5.99. The maximum atomic E-state index is 12.5. The zero-order valence-corrected chi connectivity index (χ0v) is 13.5. The first-order chi connectivity index (χ1) is 11.7. The van der Waals surface area contributed by atoms with Crippen LogP contribution in [0.4, 0.5) is 0 Å². The van der Waals surface area contributed by atoms with Gasteiger partial charge in [-0.1, -0.05) is 0 Å². The molecule has 4 heterocycles. The number of H-pyrrole nitrogens is 1. The van der Waals surface area contributed by atoms with E-state index in [2.05, 4.69) is 19.5 Å². The number of aromatic nitrogens is 4. The predicted molar refractivity (Wildman–Crippen MR) is 87.4 cm³/mol. The number of piperidine rings is 1. The van der Waals surface area contributed by atoms with Gasteiger partial charge in [0.05, 0.1) is 18.6 Å². The molecule has 3 aromatic rings. The Morgan fingerprint density at radius 1 is 1.42 bits per heavy atom. The molecule has 24 heavy (non-hydrogen) atoms. The van der Waals surface area contributed by atoms with Crippen LogP contribution in [0.5, 0.6) is 0 Å². The molecule has 3 aromatic heterocycles. The molecule has 0 aliphatic carbocycles. The maximum absolute atomic E-state index is 12.5. The number of aromatic amines is 1. The van der Waals surface area contributed by atoms with Gasteiger partial charge in [0.2, 0.25) is 0 Å². The van der Waals surface area contributed by atoms with Crippen molar-refractivity contribution in [1.82, 2.24) is 24.4 Å². The summed E-state index contributed by atoms with van der Waals surface area (Å²) in [5.74, 6) is 1.18. The first-order valence-corrected chi connectivity index (χ1v) is 8.10. The van der Waals surface area contributed by atoms with Crippen LogP contribution in [0.25, 0.3) is 11.5 Å². The lowest BCUT2D eigenvalue weighted by molar-refractivity contribution is 0.0648. The third kappa shape index (κ3) is 2.51. The van der Waals surface area contributed by atoms with E-state index < -0.39 is 0 Å². The lowest BCUT2D eigenvalue weighted by atomic mass is 10.0. The molecular formula is C17H19N5O2. The summed E-state index contributed by atoms with van der Waals surface area (Å²) in [6, 6.07) is 3.64. The maximum Gasteiger partial charge on any atom is 0.289 e. The number of nitrogens with zero attached hydrogens (tertiary/aromatic N) is 4. The number of carbonyl (C=O) groups excluding carboxylic acids is 1. The highest BCUT2D eigenvalue weighted by Gasteiger charge is 2.28. The Morgan fingerprint density at radius 2 is 2.33 bits per heavy atom. The van der Waals surface area contributed by atoms with Crippen molar-refractivity contribution in [2.24, 2.45) is 0 Å². The van der Waals surface area contributed by atoms with Gasteiger partial charge in [-0.25, -0.2) is 9.97 Å². The Morgan fingerprint density at radius 3 is 3.08 bits per heavy atom. The topological polar surface area (TPSA) is 80.0 Å². The van der Waals surface area contributed by atoms with E-state index in [1.54, 1.807) is 24.7 Å². The Labute approximate surface area is 139 Å². The van der Waals surface area contributed by atoms with Gasteiger partial charge in [0.15, 0.2) is 11.6 Å². The minimum absolute atomic E-state index is 0.0534. The molecule has 0 saturated carbocycles. The zero-order valence-electron chi connectivity index (χ0n) is 13.5. The average molecular weight is 325 g/mol. The van der Waals surface area contributed by atoms with Crippen molar-refractivity contribution in [3.63, 3.8) is 0 Å². The fourth-order valence-electron chi connectivity index (χ4n) is 3.30. The normalized spacial score (nSPS) is 18.0. The van der Waals surface area contributed by atoms with Crippen molar-refractivity contribution in [3.05, 3.63) is 48.6 Å². The van der Waals surface area contributed by atoms with Crippen molar-refractivity contribution in [2.75, 3.05) is 13.1 Å². The highest BCUT2D eigenvalue weighted by molar-refractivity contribution is 5.91. The molecule has 7 nitrogen and oxygen atoms in total. The molecule has 1 amide bonds. The summed E-state index contributed by atoms with van der Waals surface area (Å²) in [4.78, 5) is 26.3. The van der Waals surface area contributed by atoms with E-state index in [4.69, 9.17) is 4.42 Å². The van der Waals surface area contributed by atoms with Gasteiger partial charge >= 0.3 is 0 Å². The Balaban J connectivity index is 1.58. The van der Waals surface area contributed by atoms with Gasteiger partial charge in [-0.15, -0.1) is 0 Å². The van der Waals surface area contributed by atoms with E-state index in [9.17, 15) is 4.79 Å². The van der Waals surface area contributed by atoms with Gasteiger partial charge < -0.3 is 18.9 Å². The van der Waals surface area contributed by atoms with E-state index >= 15 is 0 Å². The molecule has 0 aromatic carbocycles. The molecule has 4 rings (SSSR count). The number of hydrogen-bond acceptors (Lipinski definition) is 4. The number of rotatable bonds is 3. The SMILES string of the molecule is Cc1[nH]cnc1-c1nccn1C1CCCN(C(=O)c2ccco2)C1. The molecule has 1 atom stereocenters. The van der Waals surface area contributed by atoms with Crippen molar-refractivity contribution in [1.29, 1.82) is 0 Å². The standard InChI is InChI=1S/C17H19N5O2/c1-12-15(20-11-19-12)16-18-6-8-22(16)13-4-2-7-21(10-13)17(23)14-5-3-9-24-14/h3,5-6,8-9,11,13H,2,4,7,10H2,1H3,(H,19,20). The monoisotopic (exact) mass is 325 g/mol. The predicted octanol–water partition coefficient (Wildman–Crippen LogP) is 2.65. The van der Waals surface area contributed by atoms with Crippen molar-refractivity contribution >= 4 is 5.91 Å². The van der Waals surface area contributed by atoms with E-state index in [1.807, 2.05) is 18.0 Å². The number of imidazole rings is 2. The second-order valence-corrected chi connectivity index (χ2v) is 6.06. The van der Waals surface area contributed by atoms with E-state index in [0.717, 1.165) is 36.6 Å². The first-order valence-electron chi connectivity index (χ1n) is 8.10. The van der Waals surface area contributed by atoms with Crippen LogP contribution in [-0.4, -0.2) is 43.4 Å². The van der Waals surface area contributed by atoms with Crippen LogP contribution in [0.1, 0.15) is 35.1 Å². The summed E-state index contributed by atoms with van der Waals surface area (Å²) in [5.41, 5.74) is 1.84. The summed E-state index contributed by atoms with van der Waals surface area (Å²) in [6.45, 7) is 3.38. The smallest absolute Gasteiger partial charge is 0.289 e. The summed E-state index contributed by atoms with van der Waals surface area (Å²) in [5, 5.41) is 0. The van der Waals surface area contributed by atoms with Crippen molar-refractivity contribution in [3.8, 4) is 11.5 Å². The number of furan rings is 1. The molecule has 1 aliphatic heterocycles. The Bertz CT molecular complexity index is 833. The molecule has 124 valence electrons. The quantitative estimate of drug-likeness (QED) is 0.803. The third-order valence-electron chi connectivity index (χ3n) is 4.52. The summed E-state index contributed by atoms with van der Waals surface area (Å²) < 4.78 is 7.38. The summed E-state index contributed by atoms with van der Waals surface area (Å²) in [7, 11) is 0. The Hall–Kier alpha value is -2.83. The number of hydrogen-bond donors (Lipinski definition) is 1. The van der Waals surface area contributed by atoms with Gasteiger partial charge in [0.1, 0.15) is 5.69 Å². The van der Waals surface area contributed by atoms with Gasteiger partial charge in [-0.3, -0.25) is 4.79 Å². The number of likely N-dealkylation sites (tertiary alicyclic amines) is 1. The highest BCUT2D eigenvalue weighted by atomic mass is 16.3. The van der Waals surface area contributed by atoms with Crippen LogP contribution in [0.2, 0.25) is 0 Å². The molecule has 1 N–H and O–H groups in total. The van der Waals surface area contributed by atoms with Gasteiger partial charge in [-0.2, -0.15) is 0 Å². The number of aryl methyl sites for hydroxylation is 1. The minimum atomic E-state index is -0.0534. The van der Waals surface area contributed by atoms with Crippen molar-refractivity contribution < 1.29 is 9.21 Å². The Kier molecular flexibility index (Phi) is 3.68. The van der Waals surface area contributed by atoms with Gasteiger partial charge in [0.25, 0.3) is 5.91 Å². The number of amides is 1. The number of nitrogens with one attached hydrogen (secondary N) is 1. The molecule has 1 unspecified atom stereocenters. The summed E-state index contributed by atoms with van der Waals surface area (Å²) in [6.07, 6.45) is 8.93. The summed E-state index contributed by atoms with van der Waals surface area (Å²) >= 11 is 0. The zero-order chi connectivity index (χ0) is 16.5. The second-order valence-electron chi connectivity index (χ2n) is 6.06. The third-order valence-corrected chi connectivity index (χ3v) is 4.52. The molecule has 1 saturated heterocycles. The van der Waals surface area contributed by atoms with E-state index in [-0.39, 0.29) is 11.9 Å². The lowest BCUT2D eigenvalue weighted by Crippen LogP contribution is -2.40. The van der Waals surface area contributed by atoms with Crippen LogP contribution >= 0.6 is 0 Å². The molecule has 0 radical (unpaired) electrons. The number of carbonyl (C=O) groups is 1. The fourth-order valence-corrected chi connectivity index (χ4v) is 3.30. The fraction of sp³-hybridized carbons (Fsp3) is 0.353. The van der Waals surface area contributed by atoms with E-state index in [0.29, 0.717) is 12.3 Å². The van der Waals surface area contributed by atoms with Gasteiger partial charge in [0, 0.05) is 31.2 Å². The molecule has 0 bridgehead atoms. The molecule has 7 heteroatoms. The van der Waals surface area contributed by atoms with Crippen molar-refractivity contribution in [2.45, 2.75) is 25.8 Å².